The van der Waals surface area contributed by atoms with Crippen molar-refractivity contribution in [3.8, 4) is 0 Å². The zero-order chi connectivity index (χ0) is 17.0. The molecule has 0 unspecified atom stereocenters. The Morgan fingerprint density at radius 2 is 1.08 bits per heavy atom. The van der Waals surface area contributed by atoms with E-state index in [4.69, 9.17) is 9.98 Å². The molecule has 0 atom stereocenters. The number of hydrogen-bond acceptors (Lipinski definition) is 2. The molecule has 0 amide bonds. The summed E-state index contributed by atoms with van der Waals surface area (Å²) < 4.78 is 0. The van der Waals surface area contributed by atoms with Gasteiger partial charge in [0.1, 0.15) is 0 Å². The molecule has 0 heterocycles. The van der Waals surface area contributed by atoms with E-state index in [0.717, 1.165) is 29.2 Å². The van der Waals surface area contributed by atoms with E-state index < -0.39 is 0 Å². The first-order valence-electron chi connectivity index (χ1n) is 8.17. The smallest absolute Gasteiger partial charge is 0.0639 e. The largest absolute Gasteiger partial charge is 0.252 e. The molecule has 0 aliphatic carbocycles. The summed E-state index contributed by atoms with van der Waals surface area (Å²) in [5, 5.41) is 0. The predicted octanol–water partition coefficient (Wildman–Crippen LogP) is 6.19. The van der Waals surface area contributed by atoms with Crippen molar-refractivity contribution in [2.45, 2.75) is 48.0 Å². The molecule has 2 rings (SSSR count). The molecule has 0 radical (unpaired) electrons. The van der Waals surface area contributed by atoms with Crippen molar-refractivity contribution >= 4 is 22.8 Å². The molecule has 0 aliphatic heterocycles. The van der Waals surface area contributed by atoms with E-state index in [1.165, 1.54) is 22.3 Å². The Bertz CT molecular complexity index is 733. The Labute approximate surface area is 156 Å². The van der Waals surface area contributed by atoms with Gasteiger partial charge in [-0.15, -0.1) is 0 Å². The summed E-state index contributed by atoms with van der Waals surface area (Å²) >= 11 is 0. The maximum absolute atomic E-state index is 4.83. The van der Waals surface area contributed by atoms with Crippen molar-refractivity contribution in [1.82, 2.24) is 0 Å². The van der Waals surface area contributed by atoms with Gasteiger partial charge in [-0.2, -0.15) is 0 Å². The maximum atomic E-state index is 4.83. The third kappa shape index (κ3) is 5.72. The van der Waals surface area contributed by atoms with Crippen LogP contribution in [0.5, 0.6) is 0 Å². The Morgan fingerprint density at radius 3 is 1.46 bits per heavy atom. The van der Waals surface area contributed by atoms with Gasteiger partial charge in [-0.05, 0) is 87.6 Å². The fourth-order valence-corrected chi connectivity index (χ4v) is 2.86. The van der Waals surface area contributed by atoms with Gasteiger partial charge in [0, 0.05) is 16.5 Å². The topological polar surface area (TPSA) is 24.7 Å². The zero-order valence-electron chi connectivity index (χ0n) is 15.4. The zero-order valence-corrected chi connectivity index (χ0v) is 16.4. The van der Waals surface area contributed by atoms with E-state index in [9.17, 15) is 0 Å². The first-order chi connectivity index (χ1) is 10.9. The van der Waals surface area contributed by atoms with E-state index in [-0.39, 0.29) is 16.5 Å². The van der Waals surface area contributed by atoms with E-state index >= 15 is 0 Å². The molecule has 2 nitrogen and oxygen atoms in total. The fraction of sp³-hybridized carbons (Fsp3) is 0.333. The number of benzene rings is 2. The van der Waals surface area contributed by atoms with Gasteiger partial charge in [-0.1, -0.05) is 19.1 Å². The molecule has 0 fully saturated rings. The van der Waals surface area contributed by atoms with Crippen LogP contribution in [0.2, 0.25) is 0 Å². The van der Waals surface area contributed by atoms with Crippen molar-refractivity contribution in [3.05, 3.63) is 58.7 Å². The summed E-state index contributed by atoms with van der Waals surface area (Å²) in [6.45, 7) is 12.6. The van der Waals surface area contributed by atoms with Crippen molar-refractivity contribution in [2.75, 3.05) is 0 Å². The van der Waals surface area contributed by atoms with E-state index in [1.54, 1.807) is 0 Å². The molecule has 24 heavy (non-hydrogen) atoms. The molecular formula is C21H26N2Ni. The third-order valence-corrected chi connectivity index (χ3v) is 3.73. The Balaban J connectivity index is 0.00000288. The minimum Gasteiger partial charge on any atom is -0.252 e. The molecule has 0 saturated carbocycles. The van der Waals surface area contributed by atoms with Gasteiger partial charge in [-0.3, -0.25) is 9.98 Å². The SMILES string of the molecule is CCC(=N\c1cc(C)cc(C)c1)/C(C)=N/c1cc(C)cc(C)c1.[Ni]. The van der Waals surface area contributed by atoms with Gasteiger partial charge >= 0.3 is 0 Å². The fourth-order valence-electron chi connectivity index (χ4n) is 2.86. The molecule has 0 N–H and O–H groups in total. The molecule has 0 aliphatic rings. The van der Waals surface area contributed by atoms with Gasteiger partial charge in [0.2, 0.25) is 0 Å². The van der Waals surface area contributed by atoms with Crippen molar-refractivity contribution in [2.24, 2.45) is 9.98 Å². The monoisotopic (exact) mass is 364 g/mol. The number of rotatable bonds is 4. The van der Waals surface area contributed by atoms with Crippen LogP contribution >= 0.6 is 0 Å². The minimum atomic E-state index is 0. The van der Waals surface area contributed by atoms with Gasteiger partial charge in [0.05, 0.1) is 22.8 Å². The third-order valence-electron chi connectivity index (χ3n) is 3.73. The predicted molar refractivity (Wildman–Crippen MR) is 102 cm³/mol. The van der Waals surface area contributed by atoms with Gasteiger partial charge < -0.3 is 0 Å². The Hall–Kier alpha value is -1.73. The molecule has 2 aromatic rings. The molecule has 2 aromatic carbocycles. The van der Waals surface area contributed by atoms with Crippen LogP contribution in [0, 0.1) is 27.7 Å². The number of aryl methyl sites for hydroxylation is 4. The van der Waals surface area contributed by atoms with Crippen molar-refractivity contribution in [3.63, 3.8) is 0 Å². The van der Waals surface area contributed by atoms with Crippen LogP contribution in [0.15, 0.2) is 46.4 Å². The Kier molecular flexibility index (Phi) is 7.57. The summed E-state index contributed by atoms with van der Waals surface area (Å²) in [5.74, 6) is 0. The molecule has 0 spiro atoms. The second-order valence-corrected chi connectivity index (χ2v) is 6.30. The van der Waals surface area contributed by atoms with E-state index in [1.807, 2.05) is 6.92 Å². The van der Waals surface area contributed by atoms with Crippen LogP contribution in [0.1, 0.15) is 42.5 Å². The molecule has 0 bridgehead atoms. The molecule has 130 valence electrons. The second kappa shape index (κ2) is 8.94. The summed E-state index contributed by atoms with van der Waals surface area (Å²) in [4.78, 5) is 9.60. The summed E-state index contributed by atoms with van der Waals surface area (Å²) in [7, 11) is 0. The molecule has 3 heteroatoms. The summed E-state index contributed by atoms with van der Waals surface area (Å²) in [6.07, 6.45) is 0.868. The van der Waals surface area contributed by atoms with E-state index in [2.05, 4.69) is 71.0 Å². The number of hydrogen-bond donors (Lipinski definition) is 0. The first kappa shape index (κ1) is 20.3. The van der Waals surface area contributed by atoms with Crippen LogP contribution in [0.3, 0.4) is 0 Å². The van der Waals surface area contributed by atoms with Crippen LogP contribution in [-0.4, -0.2) is 11.4 Å². The molecule has 0 aromatic heterocycles. The average molecular weight is 365 g/mol. The van der Waals surface area contributed by atoms with E-state index in [0.29, 0.717) is 0 Å². The van der Waals surface area contributed by atoms with Crippen LogP contribution in [-0.2, 0) is 16.5 Å². The quantitative estimate of drug-likeness (QED) is 0.456. The second-order valence-electron chi connectivity index (χ2n) is 6.30. The van der Waals surface area contributed by atoms with Crippen LogP contribution < -0.4 is 0 Å². The number of aliphatic imine (C=N–C) groups is 2. The molecular weight excluding hydrogens is 339 g/mol. The normalized spacial score (nSPS) is 12.1. The minimum absolute atomic E-state index is 0. The van der Waals surface area contributed by atoms with Crippen LogP contribution in [0.4, 0.5) is 11.4 Å². The van der Waals surface area contributed by atoms with Gasteiger partial charge in [0.15, 0.2) is 0 Å². The van der Waals surface area contributed by atoms with Crippen molar-refractivity contribution in [1.29, 1.82) is 0 Å². The van der Waals surface area contributed by atoms with Gasteiger partial charge in [0.25, 0.3) is 0 Å². The van der Waals surface area contributed by atoms with Crippen LogP contribution in [0.25, 0.3) is 0 Å². The molecule has 0 saturated heterocycles. The number of nitrogens with zero attached hydrogens (tertiary/aromatic N) is 2. The van der Waals surface area contributed by atoms with Gasteiger partial charge in [-0.25, -0.2) is 0 Å². The first-order valence-corrected chi connectivity index (χ1v) is 8.17. The maximum Gasteiger partial charge on any atom is 0.0639 e. The van der Waals surface area contributed by atoms with Crippen molar-refractivity contribution < 1.29 is 16.5 Å². The summed E-state index contributed by atoms with van der Waals surface area (Å²) in [5.41, 5.74) is 8.98. The standard InChI is InChI=1S/C21H26N2.Ni/c1-7-21(23-20-12-16(4)9-17(5)13-20)18(6)22-19-10-14(2)8-15(3)11-19;/h8-13H,7H2,1-6H3;/b22-18+,23-21+;. The average Bonchev–Trinajstić information content (AvgIpc) is 2.42. The summed E-state index contributed by atoms with van der Waals surface area (Å²) in [6, 6.07) is 12.8. The Morgan fingerprint density at radius 1 is 0.708 bits per heavy atom.